The van der Waals surface area contributed by atoms with Crippen molar-refractivity contribution in [3.05, 3.63) is 41.3 Å². The van der Waals surface area contributed by atoms with Crippen LogP contribution < -0.4 is 15.8 Å². The van der Waals surface area contributed by atoms with Gasteiger partial charge in [0.1, 0.15) is 5.75 Å². The van der Waals surface area contributed by atoms with Crippen LogP contribution in [0.4, 0.5) is 8.78 Å². The molecule has 0 aliphatic carbocycles. The minimum absolute atomic E-state index is 0.100. The second-order valence-electron chi connectivity index (χ2n) is 5.74. The van der Waals surface area contributed by atoms with Crippen LogP contribution in [0.25, 0.3) is 10.4 Å². The van der Waals surface area contributed by atoms with Crippen LogP contribution in [-0.4, -0.2) is 24.6 Å². The van der Waals surface area contributed by atoms with Crippen molar-refractivity contribution in [3.8, 4) is 16.2 Å². The van der Waals surface area contributed by atoms with Crippen molar-refractivity contribution in [2.75, 3.05) is 6.54 Å². The predicted molar refractivity (Wildman–Crippen MR) is 87.0 cm³/mol. The summed E-state index contributed by atoms with van der Waals surface area (Å²) in [4.78, 5) is 13.5. The zero-order chi connectivity index (χ0) is 17.0. The van der Waals surface area contributed by atoms with Gasteiger partial charge in [-0.1, -0.05) is 0 Å². The molecule has 2 aromatic rings. The largest absolute Gasteiger partial charge is 0.435 e. The van der Waals surface area contributed by atoms with Gasteiger partial charge in [0, 0.05) is 17.0 Å². The zero-order valence-electron chi connectivity index (χ0n) is 12.8. The standard InChI is InChI=1S/C16H18F2N2O2S/c1-16(2,19)9-20-14(21)13-8-7-12(23-13)10-3-5-11(6-4-10)22-15(17)18/h3-8,15H,9,19H2,1-2H3,(H,20,21). The third-order valence-electron chi connectivity index (χ3n) is 2.90. The van der Waals surface area contributed by atoms with Crippen molar-refractivity contribution in [1.82, 2.24) is 5.32 Å². The maximum absolute atomic E-state index is 12.1. The molecule has 0 radical (unpaired) electrons. The van der Waals surface area contributed by atoms with Gasteiger partial charge in [0.05, 0.1) is 4.88 Å². The summed E-state index contributed by atoms with van der Waals surface area (Å²) in [5.41, 5.74) is 6.18. The first-order valence-electron chi connectivity index (χ1n) is 6.97. The Balaban J connectivity index is 2.05. The first-order chi connectivity index (χ1) is 10.7. The molecule has 0 unspecified atom stereocenters. The third kappa shape index (κ3) is 5.30. The lowest BCUT2D eigenvalue weighted by Gasteiger charge is -2.18. The zero-order valence-corrected chi connectivity index (χ0v) is 13.6. The molecule has 0 spiro atoms. The van der Waals surface area contributed by atoms with Crippen molar-refractivity contribution in [1.29, 1.82) is 0 Å². The monoisotopic (exact) mass is 340 g/mol. The van der Waals surface area contributed by atoms with Crippen LogP contribution in [-0.2, 0) is 0 Å². The van der Waals surface area contributed by atoms with E-state index in [4.69, 9.17) is 5.73 Å². The fourth-order valence-corrected chi connectivity index (χ4v) is 2.74. The quantitative estimate of drug-likeness (QED) is 0.846. The Morgan fingerprint density at radius 2 is 1.91 bits per heavy atom. The molecule has 2 rings (SSSR count). The van der Waals surface area contributed by atoms with Crippen LogP contribution in [0.1, 0.15) is 23.5 Å². The summed E-state index contributed by atoms with van der Waals surface area (Å²) in [6.07, 6.45) is 0. The van der Waals surface area contributed by atoms with Crippen molar-refractivity contribution >= 4 is 17.2 Å². The van der Waals surface area contributed by atoms with Crippen molar-refractivity contribution in [2.24, 2.45) is 5.73 Å². The van der Waals surface area contributed by atoms with Gasteiger partial charge in [0.2, 0.25) is 0 Å². The third-order valence-corrected chi connectivity index (χ3v) is 4.03. The number of rotatable bonds is 6. The van der Waals surface area contributed by atoms with Gasteiger partial charge >= 0.3 is 6.61 Å². The van der Waals surface area contributed by atoms with E-state index in [-0.39, 0.29) is 11.7 Å². The van der Waals surface area contributed by atoms with Gasteiger partial charge < -0.3 is 15.8 Å². The Morgan fingerprint density at radius 1 is 1.26 bits per heavy atom. The molecule has 0 fully saturated rings. The first-order valence-corrected chi connectivity index (χ1v) is 7.78. The number of alkyl halides is 2. The Bertz CT molecular complexity index is 663. The molecule has 124 valence electrons. The summed E-state index contributed by atoms with van der Waals surface area (Å²) in [7, 11) is 0. The molecule has 0 saturated heterocycles. The van der Waals surface area contributed by atoms with E-state index < -0.39 is 12.2 Å². The summed E-state index contributed by atoms with van der Waals surface area (Å²) in [6, 6.07) is 9.83. The van der Waals surface area contributed by atoms with E-state index in [1.807, 2.05) is 19.9 Å². The summed E-state index contributed by atoms with van der Waals surface area (Å²) in [5, 5.41) is 2.78. The van der Waals surface area contributed by atoms with E-state index in [0.717, 1.165) is 10.4 Å². The maximum Gasteiger partial charge on any atom is 0.387 e. The molecule has 0 atom stereocenters. The highest BCUT2D eigenvalue weighted by Gasteiger charge is 2.15. The van der Waals surface area contributed by atoms with Gasteiger partial charge in [-0.15, -0.1) is 11.3 Å². The molecule has 0 aliphatic heterocycles. The van der Waals surface area contributed by atoms with Crippen LogP contribution in [0, 0.1) is 0 Å². The summed E-state index contributed by atoms with van der Waals surface area (Å²) < 4.78 is 28.5. The van der Waals surface area contributed by atoms with Crippen LogP contribution in [0.2, 0.25) is 0 Å². The molecular weight excluding hydrogens is 322 g/mol. The van der Waals surface area contributed by atoms with Crippen LogP contribution in [0.5, 0.6) is 5.75 Å². The van der Waals surface area contributed by atoms with Crippen LogP contribution in [0.3, 0.4) is 0 Å². The summed E-state index contributed by atoms with van der Waals surface area (Å²) in [5.74, 6) is -0.0825. The highest BCUT2D eigenvalue weighted by molar-refractivity contribution is 7.17. The molecule has 1 aromatic heterocycles. The number of nitrogens with one attached hydrogen (secondary N) is 1. The lowest BCUT2D eigenvalue weighted by Crippen LogP contribution is -2.44. The summed E-state index contributed by atoms with van der Waals surface area (Å²) >= 11 is 1.32. The number of nitrogens with two attached hydrogens (primary N) is 1. The number of ether oxygens (including phenoxy) is 1. The number of hydrogen-bond donors (Lipinski definition) is 2. The van der Waals surface area contributed by atoms with Crippen molar-refractivity contribution < 1.29 is 18.3 Å². The molecular formula is C16H18F2N2O2S. The molecule has 0 aliphatic rings. The Kier molecular flexibility index (Phi) is 5.33. The van der Waals surface area contributed by atoms with Crippen LogP contribution in [0.15, 0.2) is 36.4 Å². The molecule has 0 saturated carbocycles. The number of hydrogen-bond acceptors (Lipinski definition) is 4. The van der Waals surface area contributed by atoms with Gasteiger partial charge in [-0.25, -0.2) is 0 Å². The Morgan fingerprint density at radius 3 is 2.48 bits per heavy atom. The fourth-order valence-electron chi connectivity index (χ4n) is 1.81. The predicted octanol–water partition coefficient (Wildman–Crippen LogP) is 3.48. The molecule has 4 nitrogen and oxygen atoms in total. The van der Waals surface area contributed by atoms with E-state index in [1.54, 1.807) is 18.2 Å². The van der Waals surface area contributed by atoms with E-state index in [2.05, 4.69) is 10.1 Å². The molecule has 1 amide bonds. The Hall–Kier alpha value is -1.99. The Labute approximate surface area is 137 Å². The average Bonchev–Trinajstić information content (AvgIpc) is 2.94. The lowest BCUT2D eigenvalue weighted by molar-refractivity contribution is -0.0498. The van der Waals surface area contributed by atoms with Gasteiger partial charge in [-0.3, -0.25) is 4.79 Å². The molecule has 3 N–H and O–H groups in total. The lowest BCUT2D eigenvalue weighted by atomic mass is 10.1. The number of thiophene rings is 1. The molecule has 7 heteroatoms. The molecule has 23 heavy (non-hydrogen) atoms. The van der Waals surface area contributed by atoms with E-state index in [1.165, 1.54) is 23.5 Å². The second-order valence-corrected chi connectivity index (χ2v) is 6.82. The van der Waals surface area contributed by atoms with Crippen molar-refractivity contribution in [3.63, 3.8) is 0 Å². The highest BCUT2D eigenvalue weighted by Crippen LogP contribution is 2.29. The van der Waals surface area contributed by atoms with Gasteiger partial charge in [-0.2, -0.15) is 8.78 Å². The number of carbonyl (C=O) groups is 1. The summed E-state index contributed by atoms with van der Waals surface area (Å²) in [6.45, 7) is 1.19. The number of amides is 1. The second kappa shape index (κ2) is 7.06. The van der Waals surface area contributed by atoms with E-state index in [9.17, 15) is 13.6 Å². The minimum Gasteiger partial charge on any atom is -0.435 e. The normalized spacial score (nSPS) is 11.6. The topological polar surface area (TPSA) is 64.3 Å². The molecule has 1 aromatic carbocycles. The van der Waals surface area contributed by atoms with Crippen molar-refractivity contribution in [2.45, 2.75) is 26.0 Å². The van der Waals surface area contributed by atoms with E-state index in [0.29, 0.717) is 11.4 Å². The number of halogens is 2. The number of carbonyl (C=O) groups excluding carboxylic acids is 1. The van der Waals surface area contributed by atoms with Gasteiger partial charge in [0.15, 0.2) is 0 Å². The fraction of sp³-hybridized carbons (Fsp3) is 0.312. The molecule has 1 heterocycles. The number of benzene rings is 1. The maximum atomic E-state index is 12.1. The first kappa shape index (κ1) is 17.4. The van der Waals surface area contributed by atoms with Crippen LogP contribution >= 0.6 is 11.3 Å². The SMILES string of the molecule is CC(C)(N)CNC(=O)c1ccc(-c2ccc(OC(F)F)cc2)s1. The minimum atomic E-state index is -2.84. The van der Waals surface area contributed by atoms with Gasteiger partial charge in [0.25, 0.3) is 5.91 Å². The molecule has 0 bridgehead atoms. The highest BCUT2D eigenvalue weighted by atomic mass is 32.1. The smallest absolute Gasteiger partial charge is 0.387 e. The van der Waals surface area contributed by atoms with Gasteiger partial charge in [-0.05, 0) is 55.8 Å². The average molecular weight is 340 g/mol. The van der Waals surface area contributed by atoms with E-state index >= 15 is 0 Å².